The van der Waals surface area contributed by atoms with Gasteiger partial charge in [-0.15, -0.1) is 0 Å². The molecule has 2 heterocycles. The van der Waals surface area contributed by atoms with Crippen LogP contribution in [0, 0.1) is 0 Å². The zero-order valence-corrected chi connectivity index (χ0v) is 14.5. The number of carbonyl (C=O) groups is 4. The number of furan rings is 1. The molecular weight excluding hydrogens is 352 g/mol. The van der Waals surface area contributed by atoms with Crippen molar-refractivity contribution in [3.8, 4) is 0 Å². The predicted octanol–water partition coefficient (Wildman–Crippen LogP) is 1.07. The average molecular weight is 370 g/mol. The van der Waals surface area contributed by atoms with E-state index in [1.165, 1.54) is 6.26 Å². The first kappa shape index (κ1) is 18.2. The van der Waals surface area contributed by atoms with Crippen molar-refractivity contribution >= 4 is 23.9 Å². The number of benzene rings is 1. The zero-order chi connectivity index (χ0) is 19.4. The lowest BCUT2D eigenvalue weighted by Gasteiger charge is -2.22. The molecule has 0 saturated carbocycles. The van der Waals surface area contributed by atoms with E-state index in [1.54, 1.807) is 49.4 Å². The highest BCUT2D eigenvalue weighted by molar-refractivity contribution is 6.10. The van der Waals surface area contributed by atoms with Gasteiger partial charge in [0.15, 0.2) is 0 Å². The lowest BCUT2D eigenvalue weighted by molar-refractivity contribution is -0.134. The molecule has 140 valence electrons. The fourth-order valence-electron chi connectivity index (χ4n) is 2.74. The molecule has 2 aromatic rings. The van der Waals surface area contributed by atoms with Crippen LogP contribution >= 0.6 is 0 Å². The minimum absolute atomic E-state index is 0.0985. The van der Waals surface area contributed by atoms with Gasteiger partial charge in [0.05, 0.1) is 12.8 Å². The topological polar surface area (TPSA) is 121 Å². The molecule has 3 rings (SSSR count). The van der Waals surface area contributed by atoms with Crippen molar-refractivity contribution in [2.75, 3.05) is 6.54 Å². The standard InChI is InChI=1S/C18H18N4O5/c1-18(12-6-3-2-4-7-12)15(24)22(17(26)21-18)11-14(23)20-16(25)19-10-13-8-5-9-27-13/h2-9H,10-11H2,1H3,(H,21,26)(H2,19,20,23,25)/t18-/m0/s1. The van der Waals surface area contributed by atoms with Crippen LogP contribution in [0.1, 0.15) is 18.2 Å². The lowest BCUT2D eigenvalue weighted by atomic mass is 9.92. The van der Waals surface area contributed by atoms with Gasteiger partial charge in [-0.2, -0.15) is 0 Å². The second-order valence-electron chi connectivity index (χ2n) is 6.12. The molecule has 0 aliphatic carbocycles. The molecule has 0 unspecified atom stereocenters. The van der Waals surface area contributed by atoms with Gasteiger partial charge in [0.2, 0.25) is 5.91 Å². The van der Waals surface area contributed by atoms with Crippen LogP contribution in [-0.4, -0.2) is 35.3 Å². The minimum Gasteiger partial charge on any atom is -0.467 e. The van der Waals surface area contributed by atoms with E-state index < -0.39 is 36.0 Å². The van der Waals surface area contributed by atoms with Gasteiger partial charge in [-0.3, -0.25) is 19.8 Å². The molecule has 9 nitrogen and oxygen atoms in total. The Morgan fingerprint density at radius 2 is 1.89 bits per heavy atom. The number of hydrogen-bond donors (Lipinski definition) is 3. The molecule has 1 aliphatic rings. The van der Waals surface area contributed by atoms with Gasteiger partial charge in [-0.05, 0) is 24.6 Å². The Hall–Kier alpha value is -3.62. The quantitative estimate of drug-likeness (QED) is 0.680. The summed E-state index contributed by atoms with van der Waals surface area (Å²) in [5.41, 5.74) is -0.664. The van der Waals surface area contributed by atoms with E-state index in [-0.39, 0.29) is 6.54 Å². The Balaban J connectivity index is 1.58. The van der Waals surface area contributed by atoms with Crippen LogP contribution in [0.15, 0.2) is 53.1 Å². The number of hydrogen-bond acceptors (Lipinski definition) is 5. The van der Waals surface area contributed by atoms with Crippen molar-refractivity contribution < 1.29 is 23.6 Å². The average Bonchev–Trinajstić information content (AvgIpc) is 3.24. The first-order valence-corrected chi connectivity index (χ1v) is 8.20. The van der Waals surface area contributed by atoms with E-state index in [0.717, 1.165) is 4.90 Å². The maximum atomic E-state index is 12.7. The van der Waals surface area contributed by atoms with Gasteiger partial charge in [-0.1, -0.05) is 30.3 Å². The Morgan fingerprint density at radius 3 is 2.56 bits per heavy atom. The fourth-order valence-corrected chi connectivity index (χ4v) is 2.74. The molecule has 1 saturated heterocycles. The summed E-state index contributed by atoms with van der Waals surface area (Å²) in [5, 5.41) is 7.10. The van der Waals surface area contributed by atoms with Crippen LogP contribution in [0.25, 0.3) is 0 Å². The van der Waals surface area contributed by atoms with Crippen molar-refractivity contribution in [3.05, 3.63) is 60.1 Å². The monoisotopic (exact) mass is 370 g/mol. The number of urea groups is 2. The highest BCUT2D eigenvalue weighted by atomic mass is 16.3. The zero-order valence-electron chi connectivity index (χ0n) is 14.5. The number of carbonyl (C=O) groups excluding carboxylic acids is 4. The van der Waals surface area contributed by atoms with Crippen LogP contribution in [0.5, 0.6) is 0 Å². The highest BCUT2D eigenvalue weighted by Crippen LogP contribution is 2.28. The minimum atomic E-state index is -1.26. The van der Waals surface area contributed by atoms with E-state index in [0.29, 0.717) is 11.3 Å². The number of amides is 6. The van der Waals surface area contributed by atoms with E-state index in [1.807, 2.05) is 0 Å². The summed E-state index contributed by atoms with van der Waals surface area (Å²) in [5.74, 6) is -0.831. The van der Waals surface area contributed by atoms with Crippen molar-refractivity contribution in [1.29, 1.82) is 0 Å². The molecular formula is C18H18N4O5. The van der Waals surface area contributed by atoms with Crippen molar-refractivity contribution in [2.24, 2.45) is 0 Å². The Labute approximate surface area is 154 Å². The van der Waals surface area contributed by atoms with Gasteiger partial charge in [0.1, 0.15) is 17.8 Å². The van der Waals surface area contributed by atoms with Crippen LogP contribution in [0.3, 0.4) is 0 Å². The Bertz CT molecular complexity index is 865. The normalized spacial score (nSPS) is 18.9. The number of nitrogens with zero attached hydrogens (tertiary/aromatic N) is 1. The van der Waals surface area contributed by atoms with Crippen LogP contribution in [0.2, 0.25) is 0 Å². The summed E-state index contributed by atoms with van der Waals surface area (Å²) in [4.78, 5) is 49.4. The van der Waals surface area contributed by atoms with Crippen molar-refractivity contribution in [2.45, 2.75) is 19.0 Å². The van der Waals surface area contributed by atoms with Gasteiger partial charge in [-0.25, -0.2) is 9.59 Å². The lowest BCUT2D eigenvalue weighted by Crippen LogP contribution is -2.46. The van der Waals surface area contributed by atoms with E-state index in [2.05, 4.69) is 16.0 Å². The third-order valence-electron chi connectivity index (χ3n) is 4.18. The fraction of sp³-hybridized carbons (Fsp3) is 0.222. The predicted molar refractivity (Wildman–Crippen MR) is 93.1 cm³/mol. The summed E-state index contributed by atoms with van der Waals surface area (Å²) in [7, 11) is 0. The molecule has 1 aromatic carbocycles. The third-order valence-corrected chi connectivity index (χ3v) is 4.18. The van der Waals surface area contributed by atoms with E-state index in [9.17, 15) is 19.2 Å². The number of imide groups is 2. The molecule has 27 heavy (non-hydrogen) atoms. The second kappa shape index (κ2) is 7.32. The largest absolute Gasteiger partial charge is 0.467 e. The van der Waals surface area contributed by atoms with Crippen LogP contribution < -0.4 is 16.0 Å². The maximum absolute atomic E-state index is 12.7. The number of rotatable bonds is 5. The molecule has 1 aromatic heterocycles. The smallest absolute Gasteiger partial charge is 0.325 e. The molecule has 0 bridgehead atoms. The summed E-state index contributed by atoms with van der Waals surface area (Å²) >= 11 is 0. The highest BCUT2D eigenvalue weighted by Gasteiger charge is 2.49. The van der Waals surface area contributed by atoms with Crippen LogP contribution in [0.4, 0.5) is 9.59 Å². The van der Waals surface area contributed by atoms with E-state index >= 15 is 0 Å². The maximum Gasteiger partial charge on any atom is 0.325 e. The summed E-state index contributed by atoms with van der Waals surface area (Å²) in [6.07, 6.45) is 1.46. The van der Waals surface area contributed by atoms with Gasteiger partial charge in [0.25, 0.3) is 5.91 Å². The molecule has 1 fully saturated rings. The van der Waals surface area contributed by atoms with Gasteiger partial charge < -0.3 is 15.1 Å². The third kappa shape index (κ3) is 3.81. The van der Waals surface area contributed by atoms with Crippen molar-refractivity contribution in [3.63, 3.8) is 0 Å². The molecule has 1 atom stereocenters. The van der Waals surface area contributed by atoms with Gasteiger partial charge >= 0.3 is 12.1 Å². The molecule has 0 spiro atoms. The molecule has 0 radical (unpaired) electrons. The SMILES string of the molecule is C[C@@]1(c2ccccc2)NC(=O)N(CC(=O)NC(=O)NCc2ccco2)C1=O. The molecule has 9 heteroatoms. The molecule has 1 aliphatic heterocycles. The first-order valence-electron chi connectivity index (χ1n) is 8.20. The molecule has 3 N–H and O–H groups in total. The van der Waals surface area contributed by atoms with Gasteiger partial charge in [0, 0.05) is 0 Å². The summed E-state index contributed by atoms with van der Waals surface area (Å²) < 4.78 is 5.06. The van der Waals surface area contributed by atoms with Crippen molar-refractivity contribution in [1.82, 2.24) is 20.9 Å². The number of nitrogens with one attached hydrogen (secondary N) is 3. The summed E-state index contributed by atoms with van der Waals surface area (Å²) in [6.45, 7) is 1.10. The van der Waals surface area contributed by atoms with Crippen LogP contribution in [-0.2, 0) is 21.7 Å². The first-order chi connectivity index (χ1) is 12.9. The summed E-state index contributed by atoms with van der Waals surface area (Å²) in [6, 6.07) is 10.6. The molecule has 6 amide bonds. The Morgan fingerprint density at radius 1 is 1.15 bits per heavy atom. The van der Waals surface area contributed by atoms with E-state index in [4.69, 9.17) is 4.42 Å². The Kier molecular flexibility index (Phi) is 4.93. The second-order valence-corrected chi connectivity index (χ2v) is 6.12.